The molecule has 1 aromatic rings. The molecular formula is C16H28N4. The number of nitrogens with one attached hydrogen (secondary N) is 1. The second-order valence-corrected chi connectivity index (χ2v) is 6.07. The molecule has 2 rings (SSSR count). The summed E-state index contributed by atoms with van der Waals surface area (Å²) in [5, 5.41) is 3.20. The van der Waals surface area contributed by atoms with Gasteiger partial charge in [-0.25, -0.2) is 9.97 Å². The maximum absolute atomic E-state index is 4.77. The molecule has 1 heterocycles. The molecule has 0 radical (unpaired) electrons. The third-order valence-electron chi connectivity index (χ3n) is 4.59. The summed E-state index contributed by atoms with van der Waals surface area (Å²) >= 11 is 0. The number of aryl methyl sites for hydroxylation is 1. The van der Waals surface area contributed by atoms with Crippen molar-refractivity contribution in [3.63, 3.8) is 0 Å². The van der Waals surface area contributed by atoms with Crippen molar-refractivity contribution in [2.45, 2.75) is 58.9 Å². The lowest BCUT2D eigenvalue weighted by atomic mass is 9.86. The lowest BCUT2D eigenvalue weighted by Gasteiger charge is -2.35. The normalized spacial score (nSPS) is 22.6. The summed E-state index contributed by atoms with van der Waals surface area (Å²) in [5.41, 5.74) is 1.16. The standard InChI is InChI=1S/C16H28N4/c1-6-14-18-15(17-4)12(3)16(19-14)20(5)13-9-7-11(2)8-10-13/h11,13H,6-10H2,1-5H3,(H,17,18,19). The van der Waals surface area contributed by atoms with Crippen molar-refractivity contribution >= 4 is 11.6 Å². The van der Waals surface area contributed by atoms with Gasteiger partial charge in [0.25, 0.3) is 0 Å². The number of hydrogen-bond acceptors (Lipinski definition) is 4. The maximum Gasteiger partial charge on any atom is 0.137 e. The number of rotatable bonds is 4. The average molecular weight is 276 g/mol. The molecule has 0 atom stereocenters. The average Bonchev–Trinajstić information content (AvgIpc) is 2.47. The van der Waals surface area contributed by atoms with Crippen LogP contribution in [0.3, 0.4) is 0 Å². The van der Waals surface area contributed by atoms with Gasteiger partial charge in [-0.1, -0.05) is 13.8 Å². The van der Waals surface area contributed by atoms with Crippen LogP contribution in [-0.4, -0.2) is 30.1 Å². The summed E-state index contributed by atoms with van der Waals surface area (Å²) in [4.78, 5) is 11.7. The molecule has 20 heavy (non-hydrogen) atoms. The van der Waals surface area contributed by atoms with Gasteiger partial charge in [0.1, 0.15) is 17.5 Å². The highest BCUT2D eigenvalue weighted by atomic mass is 15.2. The van der Waals surface area contributed by atoms with Crippen molar-refractivity contribution in [1.29, 1.82) is 0 Å². The summed E-state index contributed by atoms with van der Waals surface area (Å²) in [6, 6.07) is 0.620. The highest BCUT2D eigenvalue weighted by molar-refractivity contribution is 5.58. The lowest BCUT2D eigenvalue weighted by Crippen LogP contribution is -2.36. The second kappa shape index (κ2) is 6.42. The van der Waals surface area contributed by atoms with Crippen LogP contribution in [0.5, 0.6) is 0 Å². The molecule has 1 N–H and O–H groups in total. The van der Waals surface area contributed by atoms with E-state index in [-0.39, 0.29) is 0 Å². The van der Waals surface area contributed by atoms with Crippen molar-refractivity contribution in [3.8, 4) is 0 Å². The third-order valence-corrected chi connectivity index (χ3v) is 4.59. The van der Waals surface area contributed by atoms with Crippen LogP contribution in [0.25, 0.3) is 0 Å². The molecule has 1 fully saturated rings. The van der Waals surface area contributed by atoms with Crippen LogP contribution in [0.2, 0.25) is 0 Å². The zero-order chi connectivity index (χ0) is 14.7. The summed E-state index contributed by atoms with van der Waals surface area (Å²) in [6.07, 6.45) is 6.09. The van der Waals surface area contributed by atoms with E-state index in [1.807, 2.05) is 7.05 Å². The van der Waals surface area contributed by atoms with E-state index < -0.39 is 0 Å². The van der Waals surface area contributed by atoms with E-state index in [4.69, 9.17) is 4.98 Å². The quantitative estimate of drug-likeness (QED) is 0.915. The molecule has 1 saturated carbocycles. The number of anilines is 2. The molecular weight excluding hydrogens is 248 g/mol. The first-order valence-electron chi connectivity index (χ1n) is 7.84. The highest BCUT2D eigenvalue weighted by Gasteiger charge is 2.24. The van der Waals surface area contributed by atoms with Crippen molar-refractivity contribution in [2.24, 2.45) is 5.92 Å². The third kappa shape index (κ3) is 3.05. The number of nitrogens with zero attached hydrogens (tertiary/aromatic N) is 3. The Labute approximate surface area is 123 Å². The van der Waals surface area contributed by atoms with Crippen LogP contribution in [0, 0.1) is 12.8 Å². The Kier molecular flexibility index (Phi) is 4.84. The number of aromatic nitrogens is 2. The van der Waals surface area contributed by atoms with Crippen LogP contribution < -0.4 is 10.2 Å². The molecule has 112 valence electrons. The molecule has 1 aliphatic carbocycles. The minimum absolute atomic E-state index is 0.620. The van der Waals surface area contributed by atoms with E-state index in [0.717, 1.165) is 35.4 Å². The SMILES string of the molecule is CCc1nc(NC)c(C)c(N(C)C2CCC(C)CC2)n1. The topological polar surface area (TPSA) is 41.1 Å². The Bertz CT molecular complexity index is 450. The zero-order valence-corrected chi connectivity index (χ0v) is 13.5. The first-order valence-corrected chi connectivity index (χ1v) is 7.84. The van der Waals surface area contributed by atoms with Gasteiger partial charge in [-0.15, -0.1) is 0 Å². The molecule has 4 heteroatoms. The van der Waals surface area contributed by atoms with Crippen molar-refractivity contribution in [1.82, 2.24) is 9.97 Å². The molecule has 1 aromatic heterocycles. The fraction of sp³-hybridized carbons (Fsp3) is 0.750. The molecule has 0 spiro atoms. The van der Waals surface area contributed by atoms with Crippen molar-refractivity contribution in [2.75, 3.05) is 24.3 Å². The second-order valence-electron chi connectivity index (χ2n) is 6.07. The van der Waals surface area contributed by atoms with Crippen LogP contribution in [-0.2, 0) is 6.42 Å². The molecule has 0 bridgehead atoms. The zero-order valence-electron chi connectivity index (χ0n) is 13.5. The van der Waals surface area contributed by atoms with Gasteiger partial charge in [0.2, 0.25) is 0 Å². The van der Waals surface area contributed by atoms with Gasteiger partial charge in [0.05, 0.1) is 0 Å². The summed E-state index contributed by atoms with van der Waals surface area (Å²) in [5.74, 6) is 3.86. The van der Waals surface area contributed by atoms with Gasteiger partial charge >= 0.3 is 0 Å². The summed E-state index contributed by atoms with van der Waals surface area (Å²) in [7, 11) is 4.12. The summed E-state index contributed by atoms with van der Waals surface area (Å²) < 4.78 is 0. The van der Waals surface area contributed by atoms with Crippen LogP contribution in [0.4, 0.5) is 11.6 Å². The van der Waals surface area contributed by atoms with E-state index in [0.29, 0.717) is 6.04 Å². The molecule has 4 nitrogen and oxygen atoms in total. The predicted molar refractivity (Wildman–Crippen MR) is 85.5 cm³/mol. The van der Waals surface area contributed by atoms with Crippen LogP contribution in [0.15, 0.2) is 0 Å². The van der Waals surface area contributed by atoms with Crippen molar-refractivity contribution in [3.05, 3.63) is 11.4 Å². The molecule has 0 amide bonds. The fourth-order valence-electron chi connectivity index (χ4n) is 3.10. The Balaban J connectivity index is 2.26. The van der Waals surface area contributed by atoms with E-state index >= 15 is 0 Å². The van der Waals surface area contributed by atoms with Gasteiger partial charge in [0.15, 0.2) is 0 Å². The highest BCUT2D eigenvalue weighted by Crippen LogP contribution is 2.31. The van der Waals surface area contributed by atoms with Gasteiger partial charge in [-0.05, 0) is 38.5 Å². The Hall–Kier alpha value is -1.32. The minimum Gasteiger partial charge on any atom is -0.373 e. The van der Waals surface area contributed by atoms with E-state index in [9.17, 15) is 0 Å². The first-order chi connectivity index (χ1) is 9.56. The minimum atomic E-state index is 0.620. The van der Waals surface area contributed by atoms with Crippen molar-refractivity contribution < 1.29 is 0 Å². The molecule has 0 saturated heterocycles. The largest absolute Gasteiger partial charge is 0.373 e. The molecule has 0 aromatic carbocycles. The molecule has 0 aliphatic heterocycles. The van der Waals surface area contributed by atoms with Gasteiger partial charge in [0, 0.05) is 32.1 Å². The van der Waals surface area contributed by atoms with Crippen LogP contribution in [0.1, 0.15) is 50.9 Å². The monoisotopic (exact) mass is 276 g/mol. The molecule has 1 aliphatic rings. The van der Waals surface area contributed by atoms with Gasteiger partial charge in [-0.2, -0.15) is 0 Å². The first kappa shape index (κ1) is 15.1. The lowest BCUT2D eigenvalue weighted by molar-refractivity contribution is 0.339. The Morgan fingerprint density at radius 1 is 1.20 bits per heavy atom. The van der Waals surface area contributed by atoms with Gasteiger partial charge in [-0.3, -0.25) is 0 Å². The van der Waals surface area contributed by atoms with E-state index in [2.05, 4.69) is 43.0 Å². The van der Waals surface area contributed by atoms with Gasteiger partial charge < -0.3 is 10.2 Å². The smallest absolute Gasteiger partial charge is 0.137 e. The summed E-state index contributed by atoms with van der Waals surface area (Å²) in [6.45, 7) is 6.58. The number of hydrogen-bond donors (Lipinski definition) is 1. The van der Waals surface area contributed by atoms with E-state index in [1.54, 1.807) is 0 Å². The maximum atomic E-state index is 4.77. The Morgan fingerprint density at radius 3 is 2.40 bits per heavy atom. The fourth-order valence-corrected chi connectivity index (χ4v) is 3.10. The van der Waals surface area contributed by atoms with E-state index in [1.165, 1.54) is 25.7 Å². The Morgan fingerprint density at radius 2 is 1.85 bits per heavy atom. The predicted octanol–water partition coefficient (Wildman–Crippen LogP) is 3.40. The molecule has 0 unspecified atom stereocenters. The van der Waals surface area contributed by atoms with Crippen LogP contribution >= 0.6 is 0 Å².